The smallest absolute Gasteiger partial charge is 0.323 e. The lowest BCUT2D eigenvalue weighted by Crippen LogP contribution is -2.34. The maximum absolute atomic E-state index is 11.7. The van der Waals surface area contributed by atoms with Crippen LogP contribution in [0.2, 0.25) is 0 Å². The Morgan fingerprint density at radius 3 is 2.24 bits per heavy atom. The van der Waals surface area contributed by atoms with Crippen molar-refractivity contribution in [1.29, 1.82) is 0 Å². The fraction of sp³-hybridized carbons (Fsp3) is 0.800. The number of nitrogens with zero attached hydrogens (tertiary/aromatic N) is 1. The molecule has 0 atom stereocenters. The van der Waals surface area contributed by atoms with E-state index in [1.54, 1.807) is 0 Å². The van der Waals surface area contributed by atoms with Gasteiger partial charge in [-0.15, -0.1) is 0 Å². The van der Waals surface area contributed by atoms with Crippen LogP contribution < -0.4 is 0 Å². The van der Waals surface area contributed by atoms with Gasteiger partial charge in [0.2, 0.25) is 5.91 Å². The second-order valence-electron chi connectivity index (χ2n) is 4.89. The SMILES string of the molecule is CN(CC(=O)O)C(=O)CC1(CS(C)(=O)=O)CC1. The molecule has 0 heterocycles. The Kier molecular flexibility index (Phi) is 3.81. The summed E-state index contributed by atoms with van der Waals surface area (Å²) in [4.78, 5) is 23.2. The van der Waals surface area contributed by atoms with Crippen molar-refractivity contribution >= 4 is 21.7 Å². The number of sulfone groups is 1. The summed E-state index contributed by atoms with van der Waals surface area (Å²) >= 11 is 0. The molecule has 17 heavy (non-hydrogen) atoms. The zero-order valence-electron chi connectivity index (χ0n) is 9.97. The number of amides is 1. The number of carboxylic acids is 1. The molecular formula is C10H17NO5S. The standard InChI is InChI=1S/C10H17NO5S/c1-11(6-9(13)14)8(12)5-10(3-4-10)7-17(2,15)16/h3-7H2,1-2H3,(H,13,14). The third-order valence-electron chi connectivity index (χ3n) is 2.85. The van der Waals surface area contributed by atoms with E-state index in [1.807, 2.05) is 0 Å². The van der Waals surface area contributed by atoms with Crippen LogP contribution in [0.15, 0.2) is 0 Å². The van der Waals surface area contributed by atoms with Gasteiger partial charge < -0.3 is 10.0 Å². The van der Waals surface area contributed by atoms with E-state index in [9.17, 15) is 18.0 Å². The molecule has 0 bridgehead atoms. The van der Waals surface area contributed by atoms with E-state index >= 15 is 0 Å². The summed E-state index contributed by atoms with van der Waals surface area (Å²) in [7, 11) is -1.69. The van der Waals surface area contributed by atoms with E-state index < -0.39 is 21.2 Å². The molecule has 1 amide bonds. The molecule has 1 fully saturated rings. The van der Waals surface area contributed by atoms with Gasteiger partial charge in [0.1, 0.15) is 16.4 Å². The van der Waals surface area contributed by atoms with Crippen molar-refractivity contribution in [3.8, 4) is 0 Å². The zero-order valence-corrected chi connectivity index (χ0v) is 10.8. The highest BCUT2D eigenvalue weighted by Gasteiger charge is 2.47. The topological polar surface area (TPSA) is 91.8 Å². The molecule has 1 aliphatic carbocycles. The van der Waals surface area contributed by atoms with E-state index in [-0.39, 0.29) is 24.6 Å². The molecule has 0 aromatic carbocycles. The quantitative estimate of drug-likeness (QED) is 0.713. The van der Waals surface area contributed by atoms with E-state index in [1.165, 1.54) is 7.05 Å². The van der Waals surface area contributed by atoms with Gasteiger partial charge in [-0.3, -0.25) is 9.59 Å². The molecule has 0 aromatic heterocycles. The number of likely N-dealkylation sites (N-methyl/N-ethyl adjacent to an activating group) is 1. The second-order valence-corrected chi connectivity index (χ2v) is 7.03. The van der Waals surface area contributed by atoms with E-state index in [2.05, 4.69) is 0 Å². The number of carbonyl (C=O) groups is 2. The predicted molar refractivity (Wildman–Crippen MR) is 61.3 cm³/mol. The summed E-state index contributed by atoms with van der Waals surface area (Å²) in [6, 6.07) is 0. The lowest BCUT2D eigenvalue weighted by molar-refractivity contribution is -0.143. The van der Waals surface area contributed by atoms with Gasteiger partial charge in [-0.1, -0.05) is 0 Å². The largest absolute Gasteiger partial charge is 0.480 e. The molecule has 7 heteroatoms. The highest BCUT2D eigenvalue weighted by atomic mass is 32.2. The molecule has 0 spiro atoms. The molecule has 1 rings (SSSR count). The summed E-state index contributed by atoms with van der Waals surface area (Å²) in [5.41, 5.74) is -0.447. The fourth-order valence-electron chi connectivity index (χ4n) is 1.85. The summed E-state index contributed by atoms with van der Waals surface area (Å²) in [6.45, 7) is -0.353. The number of rotatable bonds is 6. The minimum Gasteiger partial charge on any atom is -0.480 e. The van der Waals surface area contributed by atoms with Gasteiger partial charge in [-0.2, -0.15) is 0 Å². The molecule has 1 N–H and O–H groups in total. The first-order chi connectivity index (χ1) is 7.64. The molecule has 98 valence electrons. The van der Waals surface area contributed by atoms with Crippen LogP contribution in [-0.2, 0) is 19.4 Å². The maximum atomic E-state index is 11.7. The normalized spacial score (nSPS) is 17.5. The molecule has 6 nitrogen and oxygen atoms in total. The lowest BCUT2D eigenvalue weighted by atomic mass is 10.0. The number of hydrogen-bond acceptors (Lipinski definition) is 4. The Labute approximate surface area is 101 Å². The van der Waals surface area contributed by atoms with Crippen LogP contribution in [0.4, 0.5) is 0 Å². The van der Waals surface area contributed by atoms with Crippen molar-refractivity contribution in [3.63, 3.8) is 0 Å². The Hall–Kier alpha value is -1.11. The van der Waals surface area contributed by atoms with Crippen molar-refractivity contribution in [2.75, 3.05) is 25.6 Å². The Bertz CT molecular complexity index is 424. The van der Waals surface area contributed by atoms with Gasteiger partial charge in [-0.05, 0) is 18.3 Å². The fourth-order valence-corrected chi connectivity index (χ4v) is 3.36. The summed E-state index contributed by atoms with van der Waals surface area (Å²) in [5, 5.41) is 8.54. The molecule has 0 aromatic rings. The summed E-state index contributed by atoms with van der Waals surface area (Å²) < 4.78 is 22.4. The average Bonchev–Trinajstić information content (AvgIpc) is 2.79. The second kappa shape index (κ2) is 4.64. The number of aliphatic carboxylic acids is 1. The van der Waals surface area contributed by atoms with Crippen LogP contribution in [0.5, 0.6) is 0 Å². The number of hydrogen-bond donors (Lipinski definition) is 1. The first kappa shape index (κ1) is 14.0. The van der Waals surface area contributed by atoms with E-state index in [4.69, 9.17) is 5.11 Å². The van der Waals surface area contributed by atoms with Crippen molar-refractivity contribution < 1.29 is 23.1 Å². The highest BCUT2D eigenvalue weighted by Crippen LogP contribution is 2.50. The Morgan fingerprint density at radius 1 is 1.35 bits per heavy atom. The minimum atomic E-state index is -3.10. The van der Waals surface area contributed by atoms with Crippen molar-refractivity contribution in [1.82, 2.24) is 4.90 Å². The highest BCUT2D eigenvalue weighted by molar-refractivity contribution is 7.90. The Morgan fingerprint density at radius 2 is 1.88 bits per heavy atom. The molecule has 0 radical (unpaired) electrons. The number of carboxylic acid groups (broad SMARTS) is 1. The van der Waals surface area contributed by atoms with Crippen molar-refractivity contribution in [2.24, 2.45) is 5.41 Å². The molecule has 0 unspecified atom stereocenters. The van der Waals surface area contributed by atoms with E-state index in [0.29, 0.717) is 12.8 Å². The third-order valence-corrected chi connectivity index (χ3v) is 3.99. The molecular weight excluding hydrogens is 246 g/mol. The molecule has 1 saturated carbocycles. The lowest BCUT2D eigenvalue weighted by Gasteiger charge is -2.19. The van der Waals surface area contributed by atoms with Gasteiger partial charge in [0.15, 0.2) is 0 Å². The van der Waals surface area contributed by atoms with Crippen molar-refractivity contribution in [3.05, 3.63) is 0 Å². The van der Waals surface area contributed by atoms with Crippen LogP contribution >= 0.6 is 0 Å². The van der Waals surface area contributed by atoms with Gasteiger partial charge in [0.25, 0.3) is 0 Å². The van der Waals surface area contributed by atoms with E-state index in [0.717, 1.165) is 11.2 Å². The first-order valence-corrected chi connectivity index (χ1v) is 7.33. The predicted octanol–water partition coefficient (Wildman–Crippen LogP) is -0.256. The molecule has 0 saturated heterocycles. The monoisotopic (exact) mass is 263 g/mol. The van der Waals surface area contributed by atoms with Gasteiger partial charge in [0, 0.05) is 19.7 Å². The van der Waals surface area contributed by atoms with Crippen LogP contribution in [-0.4, -0.2) is 55.9 Å². The van der Waals surface area contributed by atoms with Crippen LogP contribution in [0.1, 0.15) is 19.3 Å². The van der Waals surface area contributed by atoms with Gasteiger partial charge in [0.05, 0.1) is 5.75 Å². The average molecular weight is 263 g/mol. The molecule has 1 aliphatic rings. The zero-order chi connectivity index (χ0) is 13.3. The first-order valence-electron chi connectivity index (χ1n) is 5.27. The van der Waals surface area contributed by atoms with Crippen LogP contribution in [0.3, 0.4) is 0 Å². The maximum Gasteiger partial charge on any atom is 0.323 e. The minimum absolute atomic E-state index is 0.00660. The van der Waals surface area contributed by atoms with Gasteiger partial charge >= 0.3 is 5.97 Å². The molecule has 0 aliphatic heterocycles. The van der Waals surface area contributed by atoms with Crippen LogP contribution in [0, 0.1) is 5.41 Å². The number of carbonyl (C=O) groups excluding carboxylic acids is 1. The van der Waals surface area contributed by atoms with Crippen LogP contribution in [0.25, 0.3) is 0 Å². The summed E-state index contributed by atoms with van der Waals surface area (Å²) in [5.74, 6) is -1.38. The Balaban J connectivity index is 2.54. The van der Waals surface area contributed by atoms with Crippen molar-refractivity contribution in [2.45, 2.75) is 19.3 Å². The third kappa shape index (κ3) is 4.72. The summed E-state index contributed by atoms with van der Waals surface area (Å²) in [6.07, 6.45) is 2.70. The van der Waals surface area contributed by atoms with Gasteiger partial charge in [-0.25, -0.2) is 8.42 Å².